The summed E-state index contributed by atoms with van der Waals surface area (Å²) in [6.07, 6.45) is 2.77. The lowest BCUT2D eigenvalue weighted by atomic mass is 9.84. The Morgan fingerprint density at radius 2 is 2.26 bits per heavy atom. The molecule has 0 aromatic heterocycles. The molecule has 0 spiro atoms. The Morgan fingerprint density at radius 1 is 1.53 bits per heavy atom. The van der Waals surface area contributed by atoms with Gasteiger partial charge in [-0.3, -0.25) is 4.79 Å². The Morgan fingerprint density at radius 3 is 2.89 bits per heavy atom. The number of hydrogen-bond acceptors (Lipinski definition) is 3. The number of amides is 1. The topological polar surface area (TPSA) is 64.3 Å². The fourth-order valence-corrected chi connectivity index (χ4v) is 2.59. The van der Waals surface area contributed by atoms with Gasteiger partial charge in [0.15, 0.2) is 0 Å². The van der Waals surface area contributed by atoms with Crippen molar-refractivity contribution in [1.82, 2.24) is 0 Å². The van der Waals surface area contributed by atoms with E-state index in [0.29, 0.717) is 12.4 Å². The molecule has 2 rings (SSSR count). The molecular weight excluding hydrogens is 240 g/mol. The van der Waals surface area contributed by atoms with E-state index in [2.05, 4.69) is 5.32 Å². The number of carbonyl (C=O) groups excluding carboxylic acids is 1. The number of carbonyl (C=O) groups is 1. The number of nitrogens with two attached hydrogens (primary N) is 1. The third-order valence-corrected chi connectivity index (χ3v) is 3.98. The molecule has 0 saturated heterocycles. The fraction of sp³-hybridized carbons (Fsp3) is 0.533. The summed E-state index contributed by atoms with van der Waals surface area (Å²) in [4.78, 5) is 12.5. The van der Waals surface area contributed by atoms with Crippen molar-refractivity contribution in [1.29, 1.82) is 0 Å². The molecule has 1 amide bonds. The molecule has 0 radical (unpaired) electrons. The second-order valence-electron chi connectivity index (χ2n) is 5.30. The Kier molecular flexibility index (Phi) is 4.10. The van der Waals surface area contributed by atoms with Crippen LogP contribution in [0.5, 0.6) is 5.75 Å². The van der Waals surface area contributed by atoms with Crippen molar-refractivity contribution < 1.29 is 9.53 Å². The molecule has 1 aliphatic rings. The van der Waals surface area contributed by atoms with Gasteiger partial charge in [0, 0.05) is 6.04 Å². The van der Waals surface area contributed by atoms with Gasteiger partial charge in [-0.05, 0) is 38.8 Å². The van der Waals surface area contributed by atoms with Crippen LogP contribution in [-0.2, 0) is 4.79 Å². The SMILES string of the molecule is CCOc1ccccc1NC(=O)C1(C)CCCC1N. The minimum absolute atomic E-state index is 0.00958. The van der Waals surface area contributed by atoms with E-state index in [9.17, 15) is 4.79 Å². The largest absolute Gasteiger partial charge is 0.492 e. The predicted molar refractivity (Wildman–Crippen MR) is 76.2 cm³/mol. The average molecular weight is 262 g/mol. The third-order valence-electron chi connectivity index (χ3n) is 3.98. The molecule has 2 atom stereocenters. The van der Waals surface area contributed by atoms with Crippen LogP contribution < -0.4 is 15.8 Å². The van der Waals surface area contributed by atoms with Crippen molar-refractivity contribution >= 4 is 11.6 Å². The van der Waals surface area contributed by atoms with Gasteiger partial charge in [-0.1, -0.05) is 18.6 Å². The molecule has 4 heteroatoms. The number of hydrogen-bond donors (Lipinski definition) is 2. The second kappa shape index (κ2) is 5.61. The van der Waals surface area contributed by atoms with Crippen LogP contribution in [0.1, 0.15) is 33.1 Å². The molecule has 1 aromatic carbocycles. The maximum absolute atomic E-state index is 12.5. The average Bonchev–Trinajstić information content (AvgIpc) is 2.74. The summed E-state index contributed by atoms with van der Waals surface area (Å²) in [5, 5.41) is 2.96. The first-order chi connectivity index (χ1) is 9.08. The summed E-state index contributed by atoms with van der Waals surface area (Å²) >= 11 is 0. The van der Waals surface area contributed by atoms with Crippen LogP contribution in [-0.4, -0.2) is 18.6 Å². The fourth-order valence-electron chi connectivity index (χ4n) is 2.59. The van der Waals surface area contributed by atoms with Gasteiger partial charge in [0.05, 0.1) is 17.7 Å². The second-order valence-corrected chi connectivity index (χ2v) is 5.30. The molecule has 19 heavy (non-hydrogen) atoms. The lowest BCUT2D eigenvalue weighted by molar-refractivity contribution is -0.125. The van der Waals surface area contributed by atoms with Crippen LogP contribution in [0.3, 0.4) is 0 Å². The minimum atomic E-state index is -0.473. The Bertz CT molecular complexity index is 461. The van der Waals surface area contributed by atoms with E-state index in [1.165, 1.54) is 0 Å². The lowest BCUT2D eigenvalue weighted by Crippen LogP contribution is -2.44. The normalized spacial score (nSPS) is 26.2. The van der Waals surface area contributed by atoms with E-state index < -0.39 is 5.41 Å². The van der Waals surface area contributed by atoms with Gasteiger partial charge in [0.25, 0.3) is 0 Å². The summed E-state index contributed by atoms with van der Waals surface area (Å²) in [5.74, 6) is 0.693. The zero-order valence-electron chi connectivity index (χ0n) is 11.6. The molecule has 3 N–H and O–H groups in total. The van der Waals surface area contributed by atoms with Gasteiger partial charge >= 0.3 is 0 Å². The van der Waals surface area contributed by atoms with Crippen LogP contribution in [0.15, 0.2) is 24.3 Å². The molecule has 0 aliphatic heterocycles. The molecule has 1 saturated carbocycles. The molecule has 4 nitrogen and oxygen atoms in total. The van der Waals surface area contributed by atoms with Crippen LogP contribution in [0.25, 0.3) is 0 Å². The van der Waals surface area contributed by atoms with Crippen molar-refractivity contribution in [2.45, 2.75) is 39.2 Å². The van der Waals surface area contributed by atoms with Crippen molar-refractivity contribution in [3.05, 3.63) is 24.3 Å². The van der Waals surface area contributed by atoms with E-state index >= 15 is 0 Å². The summed E-state index contributed by atoms with van der Waals surface area (Å²) in [6.45, 7) is 4.44. The zero-order valence-corrected chi connectivity index (χ0v) is 11.6. The van der Waals surface area contributed by atoms with Gasteiger partial charge in [0.1, 0.15) is 5.75 Å². The van der Waals surface area contributed by atoms with E-state index in [1.807, 2.05) is 38.1 Å². The van der Waals surface area contributed by atoms with Gasteiger partial charge < -0.3 is 15.8 Å². The highest BCUT2D eigenvalue weighted by Gasteiger charge is 2.43. The standard InChI is InChI=1S/C15H22N2O2/c1-3-19-12-8-5-4-7-11(12)17-14(18)15(2)10-6-9-13(15)16/h4-5,7-8,13H,3,6,9-10,16H2,1-2H3,(H,17,18). The highest BCUT2D eigenvalue weighted by atomic mass is 16.5. The van der Waals surface area contributed by atoms with Crippen LogP contribution >= 0.6 is 0 Å². The van der Waals surface area contributed by atoms with Gasteiger partial charge in [-0.2, -0.15) is 0 Å². The maximum Gasteiger partial charge on any atom is 0.231 e. The monoisotopic (exact) mass is 262 g/mol. The number of anilines is 1. The summed E-state index contributed by atoms with van der Waals surface area (Å²) in [6, 6.07) is 7.42. The molecule has 1 fully saturated rings. The molecule has 104 valence electrons. The number of para-hydroxylation sites is 2. The molecule has 0 heterocycles. The smallest absolute Gasteiger partial charge is 0.231 e. The Balaban J connectivity index is 2.15. The number of rotatable bonds is 4. The van der Waals surface area contributed by atoms with E-state index in [0.717, 1.165) is 24.9 Å². The first-order valence-electron chi connectivity index (χ1n) is 6.87. The van der Waals surface area contributed by atoms with Crippen molar-refractivity contribution in [3.63, 3.8) is 0 Å². The highest BCUT2D eigenvalue weighted by Crippen LogP contribution is 2.38. The van der Waals surface area contributed by atoms with Crippen LogP contribution in [0.4, 0.5) is 5.69 Å². The number of nitrogens with one attached hydrogen (secondary N) is 1. The first-order valence-corrected chi connectivity index (χ1v) is 6.87. The van der Waals surface area contributed by atoms with Crippen LogP contribution in [0.2, 0.25) is 0 Å². The molecule has 2 unspecified atom stereocenters. The minimum Gasteiger partial charge on any atom is -0.492 e. The van der Waals surface area contributed by atoms with Crippen molar-refractivity contribution in [2.75, 3.05) is 11.9 Å². The third kappa shape index (κ3) is 2.73. The van der Waals surface area contributed by atoms with Crippen molar-refractivity contribution in [2.24, 2.45) is 11.1 Å². The van der Waals surface area contributed by atoms with E-state index in [1.54, 1.807) is 0 Å². The highest BCUT2D eigenvalue weighted by molar-refractivity contribution is 5.97. The summed E-state index contributed by atoms with van der Waals surface area (Å²) in [5.41, 5.74) is 6.32. The van der Waals surface area contributed by atoms with E-state index in [4.69, 9.17) is 10.5 Å². The number of benzene rings is 1. The zero-order chi connectivity index (χ0) is 13.9. The quantitative estimate of drug-likeness (QED) is 0.876. The summed E-state index contributed by atoms with van der Waals surface area (Å²) in [7, 11) is 0. The maximum atomic E-state index is 12.5. The predicted octanol–water partition coefficient (Wildman–Crippen LogP) is 2.54. The number of ether oxygens (including phenoxy) is 1. The Hall–Kier alpha value is -1.55. The van der Waals surface area contributed by atoms with Crippen LogP contribution in [0, 0.1) is 5.41 Å². The summed E-state index contributed by atoms with van der Waals surface area (Å²) < 4.78 is 5.51. The van der Waals surface area contributed by atoms with E-state index in [-0.39, 0.29) is 11.9 Å². The Labute approximate surface area is 114 Å². The first kappa shape index (κ1) is 13.9. The molecule has 1 aromatic rings. The van der Waals surface area contributed by atoms with Gasteiger partial charge in [-0.15, -0.1) is 0 Å². The van der Waals surface area contributed by atoms with Gasteiger partial charge in [0.2, 0.25) is 5.91 Å². The lowest BCUT2D eigenvalue weighted by Gasteiger charge is -2.27. The molecule has 1 aliphatic carbocycles. The molecular formula is C15H22N2O2. The van der Waals surface area contributed by atoms with Gasteiger partial charge in [-0.25, -0.2) is 0 Å². The molecule has 0 bridgehead atoms. The van der Waals surface area contributed by atoms with Crippen molar-refractivity contribution in [3.8, 4) is 5.75 Å².